The number of hydrogen-bond donors (Lipinski definition) is 3. The predicted octanol–water partition coefficient (Wildman–Crippen LogP) is 2.81. The number of amides is 2. The van der Waals surface area contributed by atoms with E-state index in [1.54, 1.807) is 20.8 Å². The number of carbonyl (C=O) groups excluding carboxylic acids is 1. The summed E-state index contributed by atoms with van der Waals surface area (Å²) in [6.07, 6.45) is 0. The fourth-order valence-corrected chi connectivity index (χ4v) is 2.87. The van der Waals surface area contributed by atoms with Crippen molar-refractivity contribution in [1.29, 1.82) is 0 Å². The van der Waals surface area contributed by atoms with Crippen molar-refractivity contribution in [3.63, 3.8) is 0 Å². The van der Waals surface area contributed by atoms with E-state index in [0.29, 0.717) is 6.54 Å². The van der Waals surface area contributed by atoms with Crippen molar-refractivity contribution in [2.45, 2.75) is 33.4 Å². The maximum atomic E-state index is 11.7. The molecule has 0 aromatic carbocycles. The summed E-state index contributed by atoms with van der Waals surface area (Å²) in [4.78, 5) is 23.8. The Bertz CT molecular complexity index is 468. The van der Waals surface area contributed by atoms with Gasteiger partial charge in [-0.2, -0.15) is 0 Å². The Kier molecular flexibility index (Phi) is 5.37. The number of carboxylic acid groups (broad SMARTS) is 1. The van der Waals surface area contributed by atoms with E-state index in [0.717, 1.165) is 9.35 Å². The highest BCUT2D eigenvalue weighted by molar-refractivity contribution is 9.10. The van der Waals surface area contributed by atoms with Crippen LogP contribution in [0.25, 0.3) is 0 Å². The van der Waals surface area contributed by atoms with E-state index < -0.39 is 23.5 Å². The van der Waals surface area contributed by atoms with Crippen molar-refractivity contribution in [2.75, 3.05) is 0 Å². The minimum atomic E-state index is -1.04. The fraction of sp³-hybridized carbons (Fsp3) is 0.500. The summed E-state index contributed by atoms with van der Waals surface area (Å²) in [6, 6.07) is 0.483. The van der Waals surface area contributed by atoms with Gasteiger partial charge in [-0.15, -0.1) is 11.3 Å². The van der Waals surface area contributed by atoms with Gasteiger partial charge in [0.05, 0.1) is 6.54 Å². The lowest BCUT2D eigenvalue weighted by Crippen LogP contribution is -2.52. The molecule has 1 heterocycles. The van der Waals surface area contributed by atoms with Crippen molar-refractivity contribution in [2.24, 2.45) is 5.41 Å². The summed E-state index contributed by atoms with van der Waals surface area (Å²) in [5.74, 6) is -1.04. The molecule has 5 nitrogen and oxygen atoms in total. The van der Waals surface area contributed by atoms with Crippen LogP contribution in [-0.2, 0) is 11.3 Å². The molecule has 2 amide bonds. The third-order valence-electron chi connectivity index (χ3n) is 2.49. The van der Waals surface area contributed by atoms with E-state index in [2.05, 4.69) is 26.6 Å². The molecule has 0 saturated heterocycles. The predicted molar refractivity (Wildman–Crippen MR) is 78.3 cm³/mol. The van der Waals surface area contributed by atoms with Crippen LogP contribution in [-0.4, -0.2) is 23.1 Å². The monoisotopic (exact) mass is 348 g/mol. The highest BCUT2D eigenvalue weighted by atomic mass is 79.9. The standard InChI is InChI=1S/C12H17BrN2O3S/c1-12(2,3)9(10(16)17)15-11(18)14-6-8-7(13)4-5-19-8/h4-5,9H,6H2,1-3H3,(H,16,17)(H2,14,15,18)/t9-/m1/s1. The Morgan fingerprint density at radius 3 is 2.53 bits per heavy atom. The molecule has 3 N–H and O–H groups in total. The second-order valence-corrected chi connectivity index (χ2v) is 7.01. The van der Waals surface area contributed by atoms with Crippen LogP contribution in [0.4, 0.5) is 4.79 Å². The number of aliphatic carboxylic acids is 1. The summed E-state index contributed by atoms with van der Waals surface area (Å²) in [5.41, 5.74) is -0.549. The Labute approximate surface area is 124 Å². The quantitative estimate of drug-likeness (QED) is 0.782. The lowest BCUT2D eigenvalue weighted by atomic mass is 9.87. The summed E-state index contributed by atoms with van der Waals surface area (Å²) in [7, 11) is 0. The normalized spacial score (nSPS) is 12.8. The van der Waals surface area contributed by atoms with Crippen molar-refractivity contribution in [3.05, 3.63) is 20.8 Å². The number of nitrogens with one attached hydrogen (secondary N) is 2. The van der Waals surface area contributed by atoms with Crippen molar-refractivity contribution >= 4 is 39.3 Å². The second-order valence-electron chi connectivity index (χ2n) is 5.16. The lowest BCUT2D eigenvalue weighted by molar-refractivity contribution is -0.141. The van der Waals surface area contributed by atoms with Crippen LogP contribution < -0.4 is 10.6 Å². The molecule has 1 atom stereocenters. The lowest BCUT2D eigenvalue weighted by Gasteiger charge is -2.27. The van der Waals surface area contributed by atoms with Gasteiger partial charge in [-0.1, -0.05) is 20.8 Å². The number of hydrogen-bond acceptors (Lipinski definition) is 3. The first-order chi connectivity index (χ1) is 8.71. The van der Waals surface area contributed by atoms with Crippen molar-refractivity contribution in [1.82, 2.24) is 10.6 Å². The molecular formula is C12H17BrN2O3S. The number of rotatable bonds is 4. The third kappa shape index (κ3) is 4.83. The Balaban J connectivity index is 2.55. The molecule has 0 aliphatic heterocycles. The van der Waals surface area contributed by atoms with Gasteiger partial charge in [0.2, 0.25) is 0 Å². The maximum absolute atomic E-state index is 11.7. The number of thiophene rings is 1. The van der Waals surface area contributed by atoms with E-state index in [9.17, 15) is 9.59 Å². The van der Waals surface area contributed by atoms with E-state index >= 15 is 0 Å². The van der Waals surface area contributed by atoms with Gasteiger partial charge in [0, 0.05) is 9.35 Å². The van der Waals surface area contributed by atoms with E-state index in [4.69, 9.17) is 5.11 Å². The van der Waals surface area contributed by atoms with Gasteiger partial charge in [-0.25, -0.2) is 9.59 Å². The van der Waals surface area contributed by atoms with Crippen LogP contribution in [0.1, 0.15) is 25.6 Å². The Hall–Kier alpha value is -1.08. The van der Waals surface area contributed by atoms with Gasteiger partial charge in [-0.3, -0.25) is 0 Å². The molecule has 0 fully saturated rings. The second kappa shape index (κ2) is 6.38. The fourth-order valence-electron chi connectivity index (χ4n) is 1.44. The molecule has 1 rings (SSSR count). The molecule has 0 aliphatic rings. The molecule has 0 radical (unpaired) electrons. The topological polar surface area (TPSA) is 78.4 Å². The third-order valence-corrected chi connectivity index (χ3v) is 4.42. The van der Waals surface area contributed by atoms with Gasteiger partial charge in [0.25, 0.3) is 0 Å². The van der Waals surface area contributed by atoms with Crippen LogP contribution in [0.5, 0.6) is 0 Å². The number of carbonyl (C=O) groups is 2. The molecule has 0 saturated carbocycles. The molecule has 0 unspecified atom stereocenters. The SMILES string of the molecule is CC(C)(C)[C@H](NC(=O)NCc1sccc1Br)C(=O)O. The minimum Gasteiger partial charge on any atom is -0.480 e. The maximum Gasteiger partial charge on any atom is 0.326 e. The molecule has 0 spiro atoms. The zero-order valence-electron chi connectivity index (χ0n) is 11.0. The molecule has 7 heteroatoms. The van der Waals surface area contributed by atoms with E-state index in [-0.39, 0.29) is 0 Å². The van der Waals surface area contributed by atoms with Crippen molar-refractivity contribution < 1.29 is 14.7 Å². The Morgan fingerprint density at radius 2 is 2.11 bits per heavy atom. The smallest absolute Gasteiger partial charge is 0.326 e. The van der Waals surface area contributed by atoms with Gasteiger partial charge >= 0.3 is 12.0 Å². The molecule has 19 heavy (non-hydrogen) atoms. The average Bonchev–Trinajstić information content (AvgIpc) is 2.67. The highest BCUT2D eigenvalue weighted by Gasteiger charge is 2.32. The minimum absolute atomic E-state index is 0.362. The molecule has 1 aromatic rings. The van der Waals surface area contributed by atoms with E-state index in [1.807, 2.05) is 11.4 Å². The largest absolute Gasteiger partial charge is 0.480 e. The molecule has 0 aliphatic carbocycles. The summed E-state index contributed by atoms with van der Waals surface area (Å²) >= 11 is 4.88. The van der Waals surface area contributed by atoms with Crippen LogP contribution in [0, 0.1) is 5.41 Å². The van der Waals surface area contributed by atoms with Crippen LogP contribution in [0.2, 0.25) is 0 Å². The summed E-state index contributed by atoms with van der Waals surface area (Å²) in [5, 5.41) is 16.1. The van der Waals surface area contributed by atoms with Gasteiger partial charge in [0.1, 0.15) is 6.04 Å². The van der Waals surface area contributed by atoms with Gasteiger partial charge in [-0.05, 0) is 32.8 Å². The highest BCUT2D eigenvalue weighted by Crippen LogP contribution is 2.22. The molecule has 1 aromatic heterocycles. The molecule has 0 bridgehead atoms. The van der Waals surface area contributed by atoms with Crippen LogP contribution in [0.15, 0.2) is 15.9 Å². The van der Waals surface area contributed by atoms with Gasteiger partial charge < -0.3 is 15.7 Å². The van der Waals surface area contributed by atoms with E-state index in [1.165, 1.54) is 11.3 Å². The number of halogens is 1. The van der Waals surface area contributed by atoms with Crippen LogP contribution >= 0.6 is 27.3 Å². The molecular weight excluding hydrogens is 332 g/mol. The van der Waals surface area contributed by atoms with Crippen molar-refractivity contribution in [3.8, 4) is 0 Å². The molecule has 106 valence electrons. The average molecular weight is 349 g/mol. The zero-order valence-corrected chi connectivity index (χ0v) is 13.4. The van der Waals surface area contributed by atoms with Crippen LogP contribution in [0.3, 0.4) is 0 Å². The first-order valence-electron chi connectivity index (χ1n) is 5.71. The van der Waals surface area contributed by atoms with Gasteiger partial charge in [0.15, 0.2) is 0 Å². The Morgan fingerprint density at radius 1 is 1.47 bits per heavy atom. The first kappa shape index (κ1) is 16.0. The number of carboxylic acids is 1. The zero-order chi connectivity index (χ0) is 14.6. The number of urea groups is 1. The summed E-state index contributed by atoms with van der Waals surface area (Å²) in [6.45, 7) is 5.66. The summed E-state index contributed by atoms with van der Waals surface area (Å²) < 4.78 is 0.934. The first-order valence-corrected chi connectivity index (χ1v) is 7.38.